The molecule has 0 unspecified atom stereocenters. The van der Waals surface area contributed by atoms with Gasteiger partial charge in [-0.3, -0.25) is 4.79 Å². The lowest BCUT2D eigenvalue weighted by Crippen LogP contribution is -2.16. The molecule has 6 nitrogen and oxygen atoms in total. The third kappa shape index (κ3) is 6.06. The fourth-order valence-corrected chi connectivity index (χ4v) is 3.45. The van der Waals surface area contributed by atoms with Crippen LogP contribution in [0, 0.1) is 13.8 Å². The lowest BCUT2D eigenvalue weighted by Gasteiger charge is -2.15. The largest absolute Gasteiger partial charge is 0.489 e. The lowest BCUT2D eigenvalue weighted by atomic mass is 10.1. The molecule has 0 aliphatic heterocycles. The van der Waals surface area contributed by atoms with Crippen molar-refractivity contribution < 1.29 is 27.4 Å². The molecule has 1 heterocycles. The number of ether oxygens (including phenoxy) is 2. The summed E-state index contributed by atoms with van der Waals surface area (Å²) in [5, 5.41) is 6.90. The number of carbonyl (C=O) groups excluding carboxylic acids is 1. The van der Waals surface area contributed by atoms with Gasteiger partial charge in [0.15, 0.2) is 0 Å². The number of aromatic nitrogens is 2. The molecule has 0 atom stereocenters. The van der Waals surface area contributed by atoms with Crippen molar-refractivity contribution in [2.75, 3.05) is 25.6 Å². The van der Waals surface area contributed by atoms with Gasteiger partial charge < -0.3 is 14.8 Å². The summed E-state index contributed by atoms with van der Waals surface area (Å²) in [6.45, 7) is 4.24. The first-order chi connectivity index (χ1) is 15.6. The highest BCUT2D eigenvalue weighted by molar-refractivity contribution is 6.33. The molecule has 0 saturated carbocycles. The van der Waals surface area contributed by atoms with Crippen LogP contribution in [0.5, 0.6) is 5.75 Å². The summed E-state index contributed by atoms with van der Waals surface area (Å²) in [5.41, 5.74) is 1.40. The Balaban J connectivity index is 1.88. The van der Waals surface area contributed by atoms with Gasteiger partial charge in [-0.2, -0.15) is 18.3 Å². The van der Waals surface area contributed by atoms with Crippen molar-refractivity contribution in [1.29, 1.82) is 0 Å². The Morgan fingerprint density at radius 3 is 2.45 bits per heavy atom. The molecule has 10 heteroatoms. The third-order valence-corrected chi connectivity index (χ3v) is 5.23. The van der Waals surface area contributed by atoms with Crippen molar-refractivity contribution in [2.24, 2.45) is 0 Å². The standard InChI is InChI=1S/C23H23ClF3N3O3/c1-14-4-6-16(7-5-14)13-30-21(24)20(15(2)29-30)22(31)28-18-12-17(23(25,26)27)8-9-19(18)33-11-10-32-3/h4-9,12H,10-11,13H2,1-3H3,(H,28,31). The van der Waals surface area contributed by atoms with E-state index in [0.717, 1.165) is 29.3 Å². The number of aryl methyl sites for hydroxylation is 2. The second kappa shape index (κ2) is 10.3. The molecule has 0 bridgehead atoms. The number of methoxy groups -OCH3 is 1. The van der Waals surface area contributed by atoms with E-state index in [-0.39, 0.29) is 35.4 Å². The highest BCUT2D eigenvalue weighted by Crippen LogP contribution is 2.35. The van der Waals surface area contributed by atoms with Crippen molar-refractivity contribution in [3.8, 4) is 5.75 Å². The molecule has 0 spiro atoms. The zero-order valence-corrected chi connectivity index (χ0v) is 19.0. The Bertz CT molecular complexity index is 1130. The van der Waals surface area contributed by atoms with Crippen molar-refractivity contribution in [1.82, 2.24) is 9.78 Å². The normalized spacial score (nSPS) is 11.5. The number of halogens is 4. The van der Waals surface area contributed by atoms with Crippen LogP contribution < -0.4 is 10.1 Å². The molecule has 0 radical (unpaired) electrons. The van der Waals surface area contributed by atoms with Gasteiger partial charge in [-0.15, -0.1) is 0 Å². The van der Waals surface area contributed by atoms with Gasteiger partial charge >= 0.3 is 6.18 Å². The minimum atomic E-state index is -4.59. The predicted molar refractivity (Wildman–Crippen MR) is 119 cm³/mol. The molecule has 0 aliphatic rings. The molecule has 0 fully saturated rings. The van der Waals surface area contributed by atoms with E-state index in [2.05, 4.69) is 10.4 Å². The Hall–Kier alpha value is -3.04. The maximum atomic E-state index is 13.2. The zero-order chi connectivity index (χ0) is 24.2. The lowest BCUT2D eigenvalue weighted by molar-refractivity contribution is -0.137. The number of benzene rings is 2. The molecule has 1 N–H and O–H groups in total. The number of hydrogen-bond donors (Lipinski definition) is 1. The molecular weight excluding hydrogens is 459 g/mol. The van der Waals surface area contributed by atoms with Gasteiger partial charge in [-0.05, 0) is 37.6 Å². The molecule has 176 valence electrons. The Labute approximate surface area is 194 Å². The van der Waals surface area contributed by atoms with Crippen molar-refractivity contribution in [3.63, 3.8) is 0 Å². The molecule has 3 aromatic rings. The van der Waals surface area contributed by atoms with Gasteiger partial charge in [0.05, 0.1) is 35.7 Å². The van der Waals surface area contributed by atoms with E-state index in [4.69, 9.17) is 21.1 Å². The van der Waals surface area contributed by atoms with Gasteiger partial charge in [0.25, 0.3) is 5.91 Å². The van der Waals surface area contributed by atoms with Gasteiger partial charge in [-0.1, -0.05) is 41.4 Å². The highest BCUT2D eigenvalue weighted by atomic mass is 35.5. The summed E-state index contributed by atoms with van der Waals surface area (Å²) < 4.78 is 51.5. The van der Waals surface area contributed by atoms with E-state index in [1.807, 2.05) is 31.2 Å². The molecule has 0 saturated heterocycles. The van der Waals surface area contributed by atoms with Gasteiger partial charge in [-0.25, -0.2) is 4.68 Å². The number of carbonyl (C=O) groups is 1. The topological polar surface area (TPSA) is 65.4 Å². The summed E-state index contributed by atoms with van der Waals surface area (Å²) in [7, 11) is 1.47. The molecular formula is C23H23ClF3N3O3. The van der Waals surface area contributed by atoms with Crippen molar-refractivity contribution in [3.05, 3.63) is 75.6 Å². The predicted octanol–water partition coefficient (Wildman–Crippen LogP) is 5.50. The van der Waals surface area contributed by atoms with E-state index >= 15 is 0 Å². The van der Waals surface area contributed by atoms with E-state index in [1.54, 1.807) is 6.92 Å². The van der Waals surface area contributed by atoms with Crippen LogP contribution in [-0.2, 0) is 17.5 Å². The van der Waals surface area contributed by atoms with Crippen LogP contribution in [0.25, 0.3) is 0 Å². The van der Waals surface area contributed by atoms with Crippen LogP contribution in [0.3, 0.4) is 0 Å². The van der Waals surface area contributed by atoms with Crippen LogP contribution in [-0.4, -0.2) is 36.0 Å². The van der Waals surface area contributed by atoms with Crippen LogP contribution >= 0.6 is 11.6 Å². The van der Waals surface area contributed by atoms with Gasteiger partial charge in [0.1, 0.15) is 17.5 Å². The minimum Gasteiger partial charge on any atom is -0.489 e. The maximum absolute atomic E-state index is 13.2. The second-order valence-electron chi connectivity index (χ2n) is 7.40. The Kier molecular flexibility index (Phi) is 7.65. The van der Waals surface area contributed by atoms with Crippen molar-refractivity contribution >= 4 is 23.2 Å². The number of nitrogens with one attached hydrogen (secondary N) is 1. The van der Waals surface area contributed by atoms with Gasteiger partial charge in [0, 0.05) is 7.11 Å². The summed E-state index contributed by atoms with van der Waals surface area (Å²) in [6.07, 6.45) is -4.59. The highest BCUT2D eigenvalue weighted by Gasteiger charge is 2.32. The SMILES string of the molecule is COCCOc1ccc(C(F)(F)F)cc1NC(=O)c1c(C)nn(Cc2ccc(C)cc2)c1Cl. The fraction of sp³-hybridized carbons (Fsp3) is 0.304. The first kappa shape index (κ1) is 24.6. The molecule has 1 amide bonds. The summed E-state index contributed by atoms with van der Waals surface area (Å²) in [6, 6.07) is 10.6. The van der Waals surface area contributed by atoms with E-state index in [0.29, 0.717) is 12.2 Å². The summed E-state index contributed by atoms with van der Waals surface area (Å²) >= 11 is 6.43. The Morgan fingerprint density at radius 1 is 1.12 bits per heavy atom. The van der Waals surface area contributed by atoms with Crippen LogP contribution in [0.2, 0.25) is 5.15 Å². The molecule has 3 rings (SSSR count). The number of rotatable bonds is 8. The summed E-state index contributed by atoms with van der Waals surface area (Å²) in [5.74, 6) is -0.613. The fourth-order valence-electron chi connectivity index (χ4n) is 3.13. The number of hydrogen-bond acceptors (Lipinski definition) is 4. The van der Waals surface area contributed by atoms with Gasteiger partial charge in [0.2, 0.25) is 0 Å². The molecule has 1 aromatic heterocycles. The number of nitrogens with zero attached hydrogens (tertiary/aromatic N) is 2. The Morgan fingerprint density at radius 2 is 1.82 bits per heavy atom. The van der Waals surface area contributed by atoms with Crippen molar-refractivity contribution in [2.45, 2.75) is 26.6 Å². The van der Waals surface area contributed by atoms with E-state index in [1.165, 1.54) is 11.8 Å². The van der Waals surface area contributed by atoms with E-state index in [9.17, 15) is 18.0 Å². The van der Waals surface area contributed by atoms with Crippen LogP contribution in [0.1, 0.15) is 32.7 Å². The molecule has 33 heavy (non-hydrogen) atoms. The summed E-state index contributed by atoms with van der Waals surface area (Å²) in [4.78, 5) is 13.0. The molecule has 2 aromatic carbocycles. The van der Waals surface area contributed by atoms with Crippen LogP contribution in [0.4, 0.5) is 18.9 Å². The molecule has 0 aliphatic carbocycles. The first-order valence-electron chi connectivity index (χ1n) is 10.0. The second-order valence-corrected chi connectivity index (χ2v) is 7.76. The average Bonchev–Trinajstić information content (AvgIpc) is 3.03. The van der Waals surface area contributed by atoms with Crippen LogP contribution in [0.15, 0.2) is 42.5 Å². The smallest absolute Gasteiger partial charge is 0.416 e. The monoisotopic (exact) mass is 481 g/mol. The zero-order valence-electron chi connectivity index (χ0n) is 18.3. The first-order valence-corrected chi connectivity index (χ1v) is 10.4. The van der Waals surface area contributed by atoms with E-state index < -0.39 is 17.6 Å². The maximum Gasteiger partial charge on any atom is 0.416 e. The minimum absolute atomic E-state index is 0.0732. The number of alkyl halides is 3. The average molecular weight is 482 g/mol. The third-order valence-electron chi connectivity index (χ3n) is 4.85. The quantitative estimate of drug-likeness (QED) is 0.432. The number of anilines is 1. The number of amides is 1.